The van der Waals surface area contributed by atoms with E-state index in [4.69, 9.17) is 0 Å². The lowest BCUT2D eigenvalue weighted by atomic mass is 10.1. The molecule has 0 unspecified atom stereocenters. The normalized spacial score (nSPS) is 18.7. The highest BCUT2D eigenvalue weighted by molar-refractivity contribution is 7.07. The fraction of sp³-hybridized carbons (Fsp3) is 0.556. The highest BCUT2D eigenvalue weighted by Crippen LogP contribution is 2.21. The number of nitrogens with one attached hydrogen (secondary N) is 1. The zero-order chi connectivity index (χ0) is 17.6. The molecule has 1 aliphatic heterocycles. The monoisotopic (exact) mass is 361 g/mol. The van der Waals surface area contributed by atoms with Crippen molar-refractivity contribution < 1.29 is 5.11 Å². The topological polar surface area (TPSA) is 64.5 Å². The second-order valence-corrected chi connectivity index (χ2v) is 7.54. The number of nitrogens with zero attached hydrogens (tertiary/aromatic N) is 4. The maximum absolute atomic E-state index is 9.48. The second-order valence-electron chi connectivity index (χ2n) is 6.76. The van der Waals surface area contributed by atoms with Crippen LogP contribution in [0.3, 0.4) is 0 Å². The Morgan fingerprint density at radius 2 is 2.24 bits per heavy atom. The number of hydrogen-bond acceptors (Lipinski definition) is 7. The summed E-state index contributed by atoms with van der Waals surface area (Å²) in [5, 5.41) is 17.1. The van der Waals surface area contributed by atoms with E-state index in [0.717, 1.165) is 44.4 Å². The molecular formula is C18H27N5OS. The van der Waals surface area contributed by atoms with Gasteiger partial charge in [0.15, 0.2) is 0 Å². The van der Waals surface area contributed by atoms with Crippen molar-refractivity contribution in [2.45, 2.75) is 38.9 Å². The molecule has 1 saturated heterocycles. The third kappa shape index (κ3) is 4.90. The molecular weight excluding hydrogens is 334 g/mol. The van der Waals surface area contributed by atoms with E-state index in [0.29, 0.717) is 12.1 Å². The lowest BCUT2D eigenvalue weighted by Gasteiger charge is -2.41. The zero-order valence-corrected chi connectivity index (χ0v) is 15.7. The minimum absolute atomic E-state index is 0.203. The molecule has 0 spiro atoms. The summed E-state index contributed by atoms with van der Waals surface area (Å²) in [6.07, 6.45) is 2.58. The number of aliphatic hydroxyl groups excluding tert-OH is 1. The number of piperazine rings is 1. The van der Waals surface area contributed by atoms with Gasteiger partial charge in [-0.1, -0.05) is 0 Å². The number of anilines is 2. The molecule has 2 N–H and O–H groups in total. The van der Waals surface area contributed by atoms with Crippen LogP contribution in [0.2, 0.25) is 0 Å². The summed E-state index contributed by atoms with van der Waals surface area (Å²) in [7, 11) is 0. The highest BCUT2D eigenvalue weighted by atomic mass is 32.1. The van der Waals surface area contributed by atoms with E-state index in [2.05, 4.69) is 55.8 Å². The van der Waals surface area contributed by atoms with E-state index in [1.807, 2.05) is 12.3 Å². The van der Waals surface area contributed by atoms with Crippen molar-refractivity contribution in [2.24, 2.45) is 0 Å². The van der Waals surface area contributed by atoms with E-state index in [-0.39, 0.29) is 6.61 Å². The van der Waals surface area contributed by atoms with E-state index in [9.17, 15) is 5.11 Å². The molecule has 6 nitrogen and oxygen atoms in total. The Kier molecular flexibility index (Phi) is 6.23. The van der Waals surface area contributed by atoms with Crippen LogP contribution in [0.1, 0.15) is 25.8 Å². The Balaban J connectivity index is 1.68. The van der Waals surface area contributed by atoms with E-state index >= 15 is 0 Å². The fourth-order valence-electron chi connectivity index (χ4n) is 3.20. The molecule has 0 bridgehead atoms. The number of rotatable bonds is 7. The summed E-state index contributed by atoms with van der Waals surface area (Å²) >= 11 is 1.73. The maximum atomic E-state index is 9.48. The van der Waals surface area contributed by atoms with Crippen LogP contribution in [0.4, 0.5) is 11.8 Å². The van der Waals surface area contributed by atoms with Gasteiger partial charge in [0.2, 0.25) is 5.95 Å². The third-order valence-corrected chi connectivity index (χ3v) is 5.13. The van der Waals surface area contributed by atoms with Crippen molar-refractivity contribution in [3.8, 4) is 0 Å². The minimum atomic E-state index is 0.203. The summed E-state index contributed by atoms with van der Waals surface area (Å²) in [6.45, 7) is 8.04. The minimum Gasteiger partial charge on any atom is -0.396 e. The highest BCUT2D eigenvalue weighted by Gasteiger charge is 2.28. The first-order chi connectivity index (χ1) is 12.2. The molecule has 2 aromatic rings. The van der Waals surface area contributed by atoms with E-state index < -0.39 is 0 Å². The Morgan fingerprint density at radius 1 is 1.36 bits per heavy atom. The summed E-state index contributed by atoms with van der Waals surface area (Å²) in [5.74, 6) is 1.63. The van der Waals surface area contributed by atoms with Crippen LogP contribution >= 0.6 is 11.3 Å². The molecule has 1 aliphatic rings. The zero-order valence-electron chi connectivity index (χ0n) is 14.9. The Bertz CT molecular complexity index is 649. The molecule has 3 heterocycles. The Morgan fingerprint density at radius 3 is 2.96 bits per heavy atom. The van der Waals surface area contributed by atoms with Crippen LogP contribution in [0.15, 0.2) is 29.1 Å². The Hall–Kier alpha value is -1.70. The summed E-state index contributed by atoms with van der Waals surface area (Å²) in [5.41, 5.74) is 1.35. The van der Waals surface area contributed by atoms with Gasteiger partial charge in [0.05, 0.1) is 0 Å². The van der Waals surface area contributed by atoms with Gasteiger partial charge in [-0.3, -0.25) is 4.90 Å². The lowest BCUT2D eigenvalue weighted by Crippen LogP contribution is -2.53. The van der Waals surface area contributed by atoms with Crippen molar-refractivity contribution in [1.82, 2.24) is 14.9 Å². The molecule has 7 heteroatoms. The molecule has 136 valence electrons. The molecule has 0 aliphatic carbocycles. The number of aromatic nitrogens is 2. The fourth-order valence-corrected chi connectivity index (χ4v) is 3.86. The van der Waals surface area contributed by atoms with Gasteiger partial charge in [-0.2, -0.15) is 16.3 Å². The molecule has 0 radical (unpaired) electrons. The molecule has 1 fully saturated rings. The first-order valence-electron chi connectivity index (χ1n) is 8.86. The molecule has 0 saturated carbocycles. The van der Waals surface area contributed by atoms with Crippen LogP contribution in [-0.4, -0.2) is 58.3 Å². The van der Waals surface area contributed by atoms with Crippen molar-refractivity contribution in [2.75, 3.05) is 36.5 Å². The number of hydrogen-bond donors (Lipinski definition) is 2. The standard InChI is InChI=1S/C18H27N5OS/c1-14(2)20-17-3-6-19-18(21-17)23-8-7-22(16(12-23)4-9-24)11-15-5-10-25-13-15/h3,5-6,10,13-14,16,24H,4,7-9,11-12H2,1-2H3,(H,19,20,21)/t16-/m1/s1. The van der Waals surface area contributed by atoms with Crippen molar-refractivity contribution in [1.29, 1.82) is 0 Å². The van der Waals surface area contributed by atoms with Crippen LogP contribution < -0.4 is 10.2 Å². The quantitative estimate of drug-likeness (QED) is 0.790. The van der Waals surface area contributed by atoms with E-state index in [1.165, 1.54) is 5.56 Å². The molecule has 2 aromatic heterocycles. The average molecular weight is 362 g/mol. The second kappa shape index (κ2) is 8.60. The average Bonchev–Trinajstić information content (AvgIpc) is 3.09. The van der Waals surface area contributed by atoms with Gasteiger partial charge in [-0.05, 0) is 48.7 Å². The molecule has 3 rings (SSSR count). The molecule has 25 heavy (non-hydrogen) atoms. The summed E-state index contributed by atoms with van der Waals surface area (Å²) in [4.78, 5) is 13.8. The van der Waals surface area contributed by atoms with E-state index in [1.54, 1.807) is 11.3 Å². The Labute approximate surface area is 153 Å². The lowest BCUT2D eigenvalue weighted by molar-refractivity contribution is 0.135. The van der Waals surface area contributed by atoms with Gasteiger partial charge in [0, 0.05) is 51.1 Å². The van der Waals surface area contributed by atoms with Gasteiger partial charge in [-0.15, -0.1) is 0 Å². The van der Waals surface area contributed by atoms with Gasteiger partial charge in [-0.25, -0.2) is 4.98 Å². The van der Waals surface area contributed by atoms with Gasteiger partial charge in [0.25, 0.3) is 0 Å². The number of aliphatic hydroxyl groups is 1. The predicted octanol–water partition coefficient (Wildman–Crippen LogP) is 2.43. The largest absolute Gasteiger partial charge is 0.396 e. The van der Waals surface area contributed by atoms with Gasteiger partial charge >= 0.3 is 0 Å². The van der Waals surface area contributed by atoms with Crippen molar-refractivity contribution in [3.63, 3.8) is 0 Å². The van der Waals surface area contributed by atoms with Crippen LogP contribution in [0, 0.1) is 0 Å². The van der Waals surface area contributed by atoms with Crippen LogP contribution in [0.25, 0.3) is 0 Å². The predicted molar refractivity (Wildman–Crippen MR) is 103 cm³/mol. The first-order valence-corrected chi connectivity index (χ1v) is 9.80. The number of thiophene rings is 1. The van der Waals surface area contributed by atoms with Crippen LogP contribution in [0.5, 0.6) is 0 Å². The molecule has 0 amide bonds. The van der Waals surface area contributed by atoms with Crippen LogP contribution in [-0.2, 0) is 6.54 Å². The van der Waals surface area contributed by atoms with Crippen molar-refractivity contribution in [3.05, 3.63) is 34.7 Å². The maximum Gasteiger partial charge on any atom is 0.227 e. The smallest absolute Gasteiger partial charge is 0.227 e. The summed E-state index contributed by atoms with van der Waals surface area (Å²) < 4.78 is 0. The van der Waals surface area contributed by atoms with Crippen molar-refractivity contribution >= 4 is 23.1 Å². The molecule has 1 atom stereocenters. The third-order valence-electron chi connectivity index (χ3n) is 4.40. The van der Waals surface area contributed by atoms with Gasteiger partial charge in [0.1, 0.15) is 5.82 Å². The SMILES string of the molecule is CC(C)Nc1ccnc(N2CCN(Cc3ccsc3)[C@H](CCO)C2)n1. The van der Waals surface area contributed by atoms with Gasteiger partial charge < -0.3 is 15.3 Å². The summed E-state index contributed by atoms with van der Waals surface area (Å²) in [6, 6.07) is 4.73. The molecule has 0 aromatic carbocycles. The first kappa shape index (κ1) is 18.1.